The van der Waals surface area contributed by atoms with Crippen LogP contribution in [0.1, 0.15) is 0 Å². The standard InChI is InChI=1S/C24H18F2O2/c1-27-21-13-11-16-15(23(21)17-7-3-5-9-19(17)25)12-14-22(28-2)24(16)18-8-4-6-10-20(18)26/h3-14H,1-2H3. The minimum absolute atomic E-state index is 0.350. The molecule has 0 saturated heterocycles. The number of methoxy groups -OCH3 is 2. The number of ether oxygens (including phenoxy) is 2. The van der Waals surface area contributed by atoms with Crippen molar-refractivity contribution in [3.05, 3.63) is 84.4 Å². The summed E-state index contributed by atoms with van der Waals surface area (Å²) in [7, 11) is 3.10. The van der Waals surface area contributed by atoms with Crippen LogP contribution in [0.4, 0.5) is 8.78 Å². The van der Waals surface area contributed by atoms with Crippen LogP contribution in [-0.4, -0.2) is 14.2 Å². The van der Waals surface area contributed by atoms with Crippen molar-refractivity contribution in [1.82, 2.24) is 0 Å². The smallest absolute Gasteiger partial charge is 0.131 e. The Morgan fingerprint density at radius 3 is 1.29 bits per heavy atom. The maximum absolute atomic E-state index is 14.6. The van der Waals surface area contributed by atoms with E-state index in [1.54, 1.807) is 62.8 Å². The lowest BCUT2D eigenvalue weighted by Crippen LogP contribution is -1.96. The molecule has 4 rings (SSSR count). The Labute approximate surface area is 162 Å². The summed E-state index contributed by atoms with van der Waals surface area (Å²) >= 11 is 0. The average molecular weight is 376 g/mol. The molecule has 0 N–H and O–H groups in total. The topological polar surface area (TPSA) is 18.5 Å². The highest BCUT2D eigenvalue weighted by molar-refractivity contribution is 6.08. The molecule has 0 spiro atoms. The van der Waals surface area contributed by atoms with E-state index in [4.69, 9.17) is 9.47 Å². The van der Waals surface area contributed by atoms with Crippen LogP contribution in [0.15, 0.2) is 72.8 Å². The van der Waals surface area contributed by atoms with Gasteiger partial charge in [0.25, 0.3) is 0 Å². The Bertz CT molecular complexity index is 1080. The number of hydrogen-bond acceptors (Lipinski definition) is 2. The van der Waals surface area contributed by atoms with Crippen molar-refractivity contribution in [3.8, 4) is 33.8 Å². The molecule has 0 bridgehead atoms. The molecule has 140 valence electrons. The molecule has 0 aliphatic heterocycles. The molecule has 0 aliphatic rings. The zero-order valence-electron chi connectivity index (χ0n) is 15.5. The van der Waals surface area contributed by atoms with Crippen LogP contribution < -0.4 is 9.47 Å². The summed E-state index contributed by atoms with van der Waals surface area (Å²) < 4.78 is 40.3. The van der Waals surface area contributed by atoms with E-state index in [1.165, 1.54) is 12.1 Å². The SMILES string of the molecule is COc1ccc2c(-c3ccccc3F)c(OC)ccc2c1-c1ccccc1F. The third-order valence-corrected chi connectivity index (χ3v) is 4.85. The first-order valence-corrected chi connectivity index (χ1v) is 8.83. The van der Waals surface area contributed by atoms with Crippen molar-refractivity contribution in [2.75, 3.05) is 14.2 Å². The Hall–Kier alpha value is -3.40. The zero-order valence-corrected chi connectivity index (χ0v) is 15.5. The molecule has 0 unspecified atom stereocenters. The number of halogens is 2. The molecule has 0 heterocycles. The first-order chi connectivity index (χ1) is 13.7. The molecule has 0 saturated carbocycles. The van der Waals surface area contributed by atoms with Gasteiger partial charge in [-0.3, -0.25) is 0 Å². The van der Waals surface area contributed by atoms with Crippen molar-refractivity contribution < 1.29 is 18.3 Å². The van der Waals surface area contributed by atoms with Crippen LogP contribution in [-0.2, 0) is 0 Å². The molecule has 0 atom stereocenters. The molecule has 2 nitrogen and oxygen atoms in total. The van der Waals surface area contributed by atoms with E-state index in [1.807, 2.05) is 12.1 Å². The van der Waals surface area contributed by atoms with Gasteiger partial charge in [0.2, 0.25) is 0 Å². The van der Waals surface area contributed by atoms with Crippen molar-refractivity contribution in [1.29, 1.82) is 0 Å². The van der Waals surface area contributed by atoms with Crippen LogP contribution in [0.2, 0.25) is 0 Å². The van der Waals surface area contributed by atoms with E-state index in [0.717, 1.165) is 10.8 Å². The van der Waals surface area contributed by atoms with E-state index < -0.39 is 0 Å². The second kappa shape index (κ2) is 7.31. The summed E-state index contributed by atoms with van der Waals surface area (Å²) in [5.41, 5.74) is 2.10. The fraction of sp³-hybridized carbons (Fsp3) is 0.0833. The molecule has 4 aromatic carbocycles. The normalized spacial score (nSPS) is 10.9. The van der Waals surface area contributed by atoms with E-state index >= 15 is 0 Å². The first kappa shape index (κ1) is 18.0. The first-order valence-electron chi connectivity index (χ1n) is 8.83. The summed E-state index contributed by atoms with van der Waals surface area (Å²) in [6.45, 7) is 0. The van der Waals surface area contributed by atoms with Gasteiger partial charge in [-0.25, -0.2) is 8.78 Å². The van der Waals surface area contributed by atoms with E-state index in [9.17, 15) is 8.78 Å². The fourth-order valence-corrected chi connectivity index (χ4v) is 3.59. The highest BCUT2D eigenvalue weighted by Crippen LogP contribution is 2.45. The second-order valence-electron chi connectivity index (χ2n) is 6.34. The molecule has 0 radical (unpaired) electrons. The van der Waals surface area contributed by atoms with Crippen LogP contribution in [0.5, 0.6) is 11.5 Å². The van der Waals surface area contributed by atoms with Crippen molar-refractivity contribution in [3.63, 3.8) is 0 Å². The Balaban J connectivity index is 2.14. The molecule has 4 aromatic rings. The maximum atomic E-state index is 14.6. The number of benzene rings is 4. The number of rotatable bonds is 4. The number of hydrogen-bond donors (Lipinski definition) is 0. The quantitative estimate of drug-likeness (QED) is 0.406. The molecule has 4 heteroatoms. The molecule has 0 aromatic heterocycles. The van der Waals surface area contributed by atoms with E-state index in [0.29, 0.717) is 33.8 Å². The summed E-state index contributed by atoms with van der Waals surface area (Å²) in [4.78, 5) is 0. The zero-order chi connectivity index (χ0) is 19.7. The maximum Gasteiger partial charge on any atom is 0.131 e. The molecule has 0 fully saturated rings. The Morgan fingerprint density at radius 2 is 0.929 bits per heavy atom. The number of fused-ring (bicyclic) bond motifs is 1. The Kier molecular flexibility index (Phi) is 4.70. The summed E-state index contributed by atoms with van der Waals surface area (Å²) in [5, 5.41) is 1.51. The lowest BCUT2D eigenvalue weighted by atomic mass is 9.91. The van der Waals surface area contributed by atoms with E-state index in [-0.39, 0.29) is 11.6 Å². The van der Waals surface area contributed by atoms with Crippen molar-refractivity contribution >= 4 is 10.8 Å². The highest BCUT2D eigenvalue weighted by Gasteiger charge is 2.20. The Morgan fingerprint density at radius 1 is 0.536 bits per heavy atom. The van der Waals surface area contributed by atoms with Gasteiger partial charge in [0.1, 0.15) is 23.1 Å². The summed E-state index contributed by atoms with van der Waals surface area (Å²) in [5.74, 6) is 0.387. The largest absolute Gasteiger partial charge is 0.496 e. The van der Waals surface area contributed by atoms with E-state index in [2.05, 4.69) is 0 Å². The van der Waals surface area contributed by atoms with Gasteiger partial charge in [0, 0.05) is 22.3 Å². The minimum Gasteiger partial charge on any atom is -0.496 e. The highest BCUT2D eigenvalue weighted by atomic mass is 19.1. The van der Waals surface area contributed by atoms with Crippen molar-refractivity contribution in [2.24, 2.45) is 0 Å². The predicted molar refractivity (Wildman–Crippen MR) is 108 cm³/mol. The van der Waals surface area contributed by atoms with Gasteiger partial charge < -0.3 is 9.47 Å². The average Bonchev–Trinajstić information content (AvgIpc) is 2.73. The third kappa shape index (κ3) is 2.87. The van der Waals surface area contributed by atoms with Gasteiger partial charge in [0.15, 0.2) is 0 Å². The summed E-state index contributed by atoms with van der Waals surface area (Å²) in [6.07, 6.45) is 0. The molecule has 0 amide bonds. The van der Waals surface area contributed by atoms with Crippen LogP contribution in [0, 0.1) is 11.6 Å². The molecular weight excluding hydrogens is 358 g/mol. The van der Waals surface area contributed by atoms with Crippen LogP contribution in [0.25, 0.3) is 33.0 Å². The monoisotopic (exact) mass is 376 g/mol. The van der Waals surface area contributed by atoms with Gasteiger partial charge in [-0.15, -0.1) is 0 Å². The lowest BCUT2D eigenvalue weighted by Gasteiger charge is -2.18. The van der Waals surface area contributed by atoms with Crippen molar-refractivity contribution in [2.45, 2.75) is 0 Å². The molecular formula is C24H18F2O2. The molecule has 0 aliphatic carbocycles. The third-order valence-electron chi connectivity index (χ3n) is 4.85. The van der Waals surface area contributed by atoms with Gasteiger partial charge in [-0.2, -0.15) is 0 Å². The molecule has 28 heavy (non-hydrogen) atoms. The van der Waals surface area contributed by atoms with Gasteiger partial charge in [-0.05, 0) is 47.2 Å². The van der Waals surface area contributed by atoms with Gasteiger partial charge in [-0.1, -0.05) is 36.4 Å². The second-order valence-corrected chi connectivity index (χ2v) is 6.34. The fourth-order valence-electron chi connectivity index (χ4n) is 3.59. The van der Waals surface area contributed by atoms with Crippen LogP contribution in [0.3, 0.4) is 0 Å². The van der Waals surface area contributed by atoms with Gasteiger partial charge in [0.05, 0.1) is 14.2 Å². The predicted octanol–water partition coefficient (Wildman–Crippen LogP) is 6.47. The lowest BCUT2D eigenvalue weighted by molar-refractivity contribution is 0.415. The minimum atomic E-state index is -0.350. The summed E-state index contributed by atoms with van der Waals surface area (Å²) in [6, 6.07) is 20.3. The van der Waals surface area contributed by atoms with Gasteiger partial charge >= 0.3 is 0 Å². The van der Waals surface area contributed by atoms with Crippen LogP contribution >= 0.6 is 0 Å².